The van der Waals surface area contributed by atoms with Crippen LogP contribution in [0.25, 0.3) is 0 Å². The molecular formula is C26H39N3O2. The number of piperazine rings is 1. The van der Waals surface area contributed by atoms with Gasteiger partial charge in [-0.1, -0.05) is 50.1 Å². The van der Waals surface area contributed by atoms with Gasteiger partial charge in [-0.3, -0.25) is 9.59 Å². The highest BCUT2D eigenvalue weighted by molar-refractivity contribution is 6.00. The lowest BCUT2D eigenvalue weighted by Gasteiger charge is -2.53. The van der Waals surface area contributed by atoms with Gasteiger partial charge in [-0.2, -0.15) is 0 Å². The summed E-state index contributed by atoms with van der Waals surface area (Å²) in [5, 5.41) is 0. The van der Waals surface area contributed by atoms with Crippen LogP contribution in [0.4, 0.5) is 0 Å². The van der Waals surface area contributed by atoms with Gasteiger partial charge in [-0.25, -0.2) is 0 Å². The van der Waals surface area contributed by atoms with Crippen LogP contribution < -0.4 is 0 Å². The largest absolute Gasteiger partial charge is 0.329 e. The van der Waals surface area contributed by atoms with Crippen molar-refractivity contribution in [3.63, 3.8) is 0 Å². The maximum atomic E-state index is 13.5. The number of rotatable bonds is 9. The van der Waals surface area contributed by atoms with Gasteiger partial charge in [0.15, 0.2) is 0 Å². The molecule has 0 aromatic heterocycles. The van der Waals surface area contributed by atoms with E-state index in [1.165, 1.54) is 37.7 Å². The lowest BCUT2D eigenvalue weighted by molar-refractivity contribution is -0.172. The van der Waals surface area contributed by atoms with Gasteiger partial charge in [0.1, 0.15) is 11.6 Å². The highest BCUT2D eigenvalue weighted by Crippen LogP contribution is 2.39. The van der Waals surface area contributed by atoms with Gasteiger partial charge in [0.25, 0.3) is 0 Å². The van der Waals surface area contributed by atoms with Crippen molar-refractivity contribution in [2.45, 2.75) is 82.7 Å². The van der Waals surface area contributed by atoms with E-state index in [9.17, 15) is 9.59 Å². The van der Waals surface area contributed by atoms with Gasteiger partial charge in [-0.05, 0) is 63.5 Å². The zero-order valence-corrected chi connectivity index (χ0v) is 19.2. The van der Waals surface area contributed by atoms with Crippen molar-refractivity contribution in [1.29, 1.82) is 0 Å². The van der Waals surface area contributed by atoms with Crippen molar-refractivity contribution in [3.05, 3.63) is 35.9 Å². The van der Waals surface area contributed by atoms with Crippen molar-refractivity contribution in [3.8, 4) is 0 Å². The zero-order chi connectivity index (χ0) is 21.7. The topological polar surface area (TPSA) is 43.9 Å². The SMILES string of the molecule is CCCN1C(=O)C2CCCN2C(=O)C12CCN(CCCCCCc1ccccc1)CC2. The zero-order valence-electron chi connectivity index (χ0n) is 19.2. The molecule has 3 saturated heterocycles. The Kier molecular flexibility index (Phi) is 7.31. The fraction of sp³-hybridized carbons (Fsp3) is 0.692. The second-order valence-electron chi connectivity index (χ2n) is 9.67. The van der Waals surface area contributed by atoms with Crippen molar-refractivity contribution < 1.29 is 9.59 Å². The molecule has 170 valence electrons. The molecule has 0 aliphatic carbocycles. The summed E-state index contributed by atoms with van der Waals surface area (Å²) in [6.45, 7) is 6.58. The second kappa shape index (κ2) is 10.2. The van der Waals surface area contributed by atoms with Gasteiger partial charge in [0.2, 0.25) is 11.8 Å². The van der Waals surface area contributed by atoms with E-state index in [2.05, 4.69) is 42.2 Å². The molecule has 3 heterocycles. The summed E-state index contributed by atoms with van der Waals surface area (Å²) in [7, 11) is 0. The number of likely N-dealkylation sites (tertiary alicyclic amines) is 1. The van der Waals surface area contributed by atoms with E-state index in [4.69, 9.17) is 0 Å². The lowest BCUT2D eigenvalue weighted by Crippen LogP contribution is -2.72. The molecule has 0 bridgehead atoms. The third-order valence-corrected chi connectivity index (χ3v) is 7.64. The molecule has 1 aromatic rings. The summed E-state index contributed by atoms with van der Waals surface area (Å²) in [6, 6.07) is 10.6. The van der Waals surface area contributed by atoms with Crippen molar-refractivity contribution in [2.24, 2.45) is 0 Å². The van der Waals surface area contributed by atoms with Crippen molar-refractivity contribution in [1.82, 2.24) is 14.7 Å². The smallest absolute Gasteiger partial charge is 0.249 e. The Morgan fingerprint density at radius 3 is 2.42 bits per heavy atom. The summed E-state index contributed by atoms with van der Waals surface area (Å²) in [6.07, 6.45) is 10.5. The van der Waals surface area contributed by atoms with E-state index >= 15 is 0 Å². The minimum Gasteiger partial charge on any atom is -0.329 e. The predicted molar refractivity (Wildman–Crippen MR) is 124 cm³/mol. The van der Waals surface area contributed by atoms with Gasteiger partial charge in [0.05, 0.1) is 0 Å². The quantitative estimate of drug-likeness (QED) is 0.564. The number of amides is 2. The van der Waals surface area contributed by atoms with Crippen molar-refractivity contribution >= 4 is 11.8 Å². The van der Waals surface area contributed by atoms with E-state index in [-0.39, 0.29) is 17.9 Å². The molecule has 0 radical (unpaired) electrons. The molecule has 3 fully saturated rings. The van der Waals surface area contributed by atoms with Crippen LogP contribution in [0.3, 0.4) is 0 Å². The summed E-state index contributed by atoms with van der Waals surface area (Å²) in [5.41, 5.74) is 0.868. The molecule has 1 aromatic carbocycles. The Balaban J connectivity index is 1.24. The number of hydrogen-bond acceptors (Lipinski definition) is 3. The molecule has 4 rings (SSSR count). The van der Waals surface area contributed by atoms with E-state index in [0.29, 0.717) is 0 Å². The number of hydrogen-bond donors (Lipinski definition) is 0. The summed E-state index contributed by atoms with van der Waals surface area (Å²) < 4.78 is 0. The molecule has 1 unspecified atom stereocenters. The molecule has 3 aliphatic heterocycles. The van der Waals surface area contributed by atoms with Crippen LogP contribution in [0, 0.1) is 0 Å². The van der Waals surface area contributed by atoms with Gasteiger partial charge >= 0.3 is 0 Å². The Bertz CT molecular complexity index is 742. The van der Waals surface area contributed by atoms with Crippen LogP contribution in [0.2, 0.25) is 0 Å². The normalized spacial score (nSPS) is 23.6. The molecule has 0 N–H and O–H groups in total. The third kappa shape index (κ3) is 4.67. The van der Waals surface area contributed by atoms with E-state index < -0.39 is 5.54 Å². The summed E-state index contributed by atoms with van der Waals surface area (Å²) in [4.78, 5) is 33.1. The number of nitrogens with zero attached hydrogens (tertiary/aromatic N) is 3. The first-order valence-electron chi connectivity index (χ1n) is 12.5. The van der Waals surface area contributed by atoms with Crippen LogP contribution in [0.1, 0.15) is 70.3 Å². The highest BCUT2D eigenvalue weighted by atomic mass is 16.2. The Hall–Kier alpha value is -1.88. The first-order chi connectivity index (χ1) is 15.2. The van der Waals surface area contributed by atoms with Crippen LogP contribution >= 0.6 is 0 Å². The molecular weight excluding hydrogens is 386 g/mol. The fourth-order valence-electron chi connectivity index (χ4n) is 5.88. The maximum absolute atomic E-state index is 13.5. The van der Waals surface area contributed by atoms with Gasteiger partial charge in [-0.15, -0.1) is 0 Å². The van der Waals surface area contributed by atoms with Crippen LogP contribution in [-0.4, -0.2) is 70.8 Å². The summed E-state index contributed by atoms with van der Waals surface area (Å²) >= 11 is 0. The molecule has 5 nitrogen and oxygen atoms in total. The highest BCUT2D eigenvalue weighted by Gasteiger charge is 2.57. The standard InChI is InChI=1S/C26H39N3O2/c1-2-17-29-24(30)23-14-10-19-28(23)25(31)26(29)15-20-27(21-16-26)18-9-4-3-6-11-22-12-7-5-8-13-22/h5,7-8,12-13,23H,2-4,6,9-11,14-21H2,1H3. The van der Waals surface area contributed by atoms with Crippen LogP contribution in [0.5, 0.6) is 0 Å². The van der Waals surface area contributed by atoms with Crippen molar-refractivity contribution in [2.75, 3.05) is 32.7 Å². The third-order valence-electron chi connectivity index (χ3n) is 7.64. The van der Waals surface area contributed by atoms with E-state index in [0.717, 1.165) is 64.8 Å². The Labute approximate surface area is 187 Å². The Morgan fingerprint density at radius 1 is 0.935 bits per heavy atom. The molecule has 1 atom stereocenters. The lowest BCUT2D eigenvalue weighted by atomic mass is 9.81. The van der Waals surface area contributed by atoms with E-state index in [1.54, 1.807) is 0 Å². The minimum absolute atomic E-state index is 0.182. The minimum atomic E-state index is -0.569. The van der Waals surface area contributed by atoms with Crippen LogP contribution in [0.15, 0.2) is 30.3 Å². The molecule has 5 heteroatoms. The molecule has 1 spiro atoms. The Morgan fingerprint density at radius 2 is 1.68 bits per heavy atom. The first kappa shape index (κ1) is 22.3. The first-order valence-corrected chi connectivity index (χ1v) is 12.5. The number of aryl methyl sites for hydroxylation is 1. The van der Waals surface area contributed by atoms with Gasteiger partial charge in [0, 0.05) is 26.2 Å². The number of fused-ring (bicyclic) bond motifs is 1. The number of carbonyl (C=O) groups excluding carboxylic acids is 2. The average molecular weight is 426 g/mol. The second-order valence-corrected chi connectivity index (χ2v) is 9.67. The maximum Gasteiger partial charge on any atom is 0.249 e. The number of benzene rings is 1. The molecule has 0 saturated carbocycles. The number of carbonyl (C=O) groups is 2. The molecule has 31 heavy (non-hydrogen) atoms. The average Bonchev–Trinajstić information content (AvgIpc) is 3.30. The number of unbranched alkanes of at least 4 members (excludes halogenated alkanes) is 3. The molecule has 2 amide bonds. The monoisotopic (exact) mass is 425 g/mol. The van der Waals surface area contributed by atoms with Crippen LogP contribution in [-0.2, 0) is 16.0 Å². The molecule has 3 aliphatic rings. The summed E-state index contributed by atoms with van der Waals surface area (Å²) in [5.74, 6) is 0.453. The fourth-order valence-corrected chi connectivity index (χ4v) is 5.88. The predicted octanol–water partition coefficient (Wildman–Crippen LogP) is 3.87. The number of piperidine rings is 1. The van der Waals surface area contributed by atoms with Gasteiger partial charge < -0.3 is 14.7 Å². The van der Waals surface area contributed by atoms with E-state index in [1.807, 2.05) is 9.80 Å².